The Labute approximate surface area is 76.6 Å². The quantitative estimate of drug-likeness (QED) is 0.571. The molecule has 1 heteroatoms. The van der Waals surface area contributed by atoms with E-state index in [-0.39, 0.29) is 0 Å². The van der Waals surface area contributed by atoms with Crippen LogP contribution in [0.25, 0.3) is 0 Å². The Hall–Kier alpha value is -0.330. The number of Topliss-reactive ketones (excluding diaryl/α,β-unsaturated/α-hetero) is 1. The van der Waals surface area contributed by atoms with Crippen LogP contribution in [-0.2, 0) is 4.79 Å². The molecule has 0 aromatic carbocycles. The van der Waals surface area contributed by atoms with E-state index in [1.165, 1.54) is 12.8 Å². The number of unbranched alkanes of at least 4 members (excludes halogenated alkanes) is 1. The monoisotopic (exact) mass is 170 g/mol. The summed E-state index contributed by atoms with van der Waals surface area (Å²) in [5.74, 6) is 0.832. The normalized spacial score (nSPS) is 12.9. The lowest BCUT2D eigenvalue weighted by Crippen LogP contribution is -2.12. The molecule has 0 amide bonds. The van der Waals surface area contributed by atoms with Gasteiger partial charge in [0.05, 0.1) is 0 Å². The molecule has 1 nitrogen and oxygen atoms in total. The standard InChI is InChI=1S/C11H22O/c1-4-7-9-10(6-3)11(12)8-5-2/h10H,4-9H2,1-3H3. The number of hydrogen-bond acceptors (Lipinski definition) is 1. The Bertz CT molecular complexity index is 118. The summed E-state index contributed by atoms with van der Waals surface area (Å²) < 4.78 is 0. The molecule has 0 radical (unpaired) electrons. The molecule has 72 valence electrons. The lowest BCUT2D eigenvalue weighted by Gasteiger charge is -2.11. The van der Waals surface area contributed by atoms with Crippen LogP contribution in [0.1, 0.15) is 59.3 Å². The highest BCUT2D eigenvalue weighted by Gasteiger charge is 2.13. The molecule has 0 aliphatic rings. The molecule has 1 atom stereocenters. The first-order chi connectivity index (χ1) is 5.76. The van der Waals surface area contributed by atoms with Gasteiger partial charge < -0.3 is 0 Å². The molecule has 0 aromatic heterocycles. The maximum absolute atomic E-state index is 11.5. The second-order valence-electron chi connectivity index (χ2n) is 3.46. The predicted molar refractivity (Wildman–Crippen MR) is 53.2 cm³/mol. The van der Waals surface area contributed by atoms with Crippen LogP contribution in [0.15, 0.2) is 0 Å². The lowest BCUT2D eigenvalue weighted by molar-refractivity contribution is -0.123. The Morgan fingerprint density at radius 3 is 2.25 bits per heavy atom. The number of hydrogen-bond donors (Lipinski definition) is 0. The summed E-state index contributed by atoms with van der Waals surface area (Å²) in [7, 11) is 0. The van der Waals surface area contributed by atoms with Crippen LogP contribution in [0.2, 0.25) is 0 Å². The Balaban J connectivity index is 3.71. The van der Waals surface area contributed by atoms with E-state index in [1.807, 2.05) is 0 Å². The number of carbonyl (C=O) groups is 1. The van der Waals surface area contributed by atoms with Gasteiger partial charge in [-0.05, 0) is 19.3 Å². The van der Waals surface area contributed by atoms with Gasteiger partial charge in [0.15, 0.2) is 0 Å². The third-order valence-corrected chi connectivity index (χ3v) is 2.35. The molecule has 0 aliphatic carbocycles. The first-order valence-electron chi connectivity index (χ1n) is 5.28. The Morgan fingerprint density at radius 1 is 1.17 bits per heavy atom. The van der Waals surface area contributed by atoms with Crippen molar-refractivity contribution < 1.29 is 4.79 Å². The molecule has 0 aromatic rings. The van der Waals surface area contributed by atoms with E-state index < -0.39 is 0 Å². The predicted octanol–water partition coefficient (Wildman–Crippen LogP) is 3.57. The highest BCUT2D eigenvalue weighted by Crippen LogP contribution is 2.15. The van der Waals surface area contributed by atoms with E-state index in [0.717, 1.165) is 25.7 Å². The van der Waals surface area contributed by atoms with Gasteiger partial charge in [0.2, 0.25) is 0 Å². The highest BCUT2D eigenvalue weighted by molar-refractivity contribution is 5.80. The zero-order chi connectivity index (χ0) is 9.40. The summed E-state index contributed by atoms with van der Waals surface area (Å²) in [5.41, 5.74) is 0. The summed E-state index contributed by atoms with van der Waals surface area (Å²) in [6.07, 6.45) is 6.32. The lowest BCUT2D eigenvalue weighted by atomic mass is 9.92. The molecular weight excluding hydrogens is 148 g/mol. The van der Waals surface area contributed by atoms with Crippen LogP contribution in [0, 0.1) is 5.92 Å². The minimum absolute atomic E-state index is 0.352. The molecule has 0 aliphatic heterocycles. The van der Waals surface area contributed by atoms with Crippen LogP contribution in [-0.4, -0.2) is 5.78 Å². The van der Waals surface area contributed by atoms with Crippen molar-refractivity contribution in [3.63, 3.8) is 0 Å². The summed E-state index contributed by atoms with van der Waals surface area (Å²) >= 11 is 0. The number of rotatable bonds is 7. The topological polar surface area (TPSA) is 17.1 Å². The van der Waals surface area contributed by atoms with E-state index in [0.29, 0.717) is 11.7 Å². The third-order valence-electron chi connectivity index (χ3n) is 2.35. The van der Waals surface area contributed by atoms with Gasteiger partial charge in [0, 0.05) is 12.3 Å². The SMILES string of the molecule is CCCCC(CC)C(=O)CCC. The van der Waals surface area contributed by atoms with E-state index in [1.54, 1.807) is 0 Å². The fraction of sp³-hybridized carbons (Fsp3) is 0.909. The third kappa shape index (κ3) is 4.53. The first-order valence-corrected chi connectivity index (χ1v) is 5.28. The largest absolute Gasteiger partial charge is 0.299 e. The summed E-state index contributed by atoms with van der Waals surface area (Å²) in [6, 6.07) is 0. The summed E-state index contributed by atoms with van der Waals surface area (Å²) in [5, 5.41) is 0. The Kier molecular flexibility index (Phi) is 7.12. The van der Waals surface area contributed by atoms with Gasteiger partial charge in [-0.1, -0.05) is 33.6 Å². The van der Waals surface area contributed by atoms with Crippen molar-refractivity contribution >= 4 is 5.78 Å². The van der Waals surface area contributed by atoms with Crippen molar-refractivity contribution in [1.82, 2.24) is 0 Å². The fourth-order valence-electron chi connectivity index (χ4n) is 1.49. The average molecular weight is 170 g/mol. The highest BCUT2D eigenvalue weighted by atomic mass is 16.1. The van der Waals surface area contributed by atoms with Crippen LogP contribution in [0.4, 0.5) is 0 Å². The van der Waals surface area contributed by atoms with Crippen molar-refractivity contribution in [2.24, 2.45) is 5.92 Å². The molecular formula is C11H22O. The maximum Gasteiger partial charge on any atom is 0.135 e. The second kappa shape index (κ2) is 7.33. The molecule has 0 saturated heterocycles. The first kappa shape index (κ1) is 11.7. The van der Waals surface area contributed by atoms with Gasteiger partial charge in [-0.25, -0.2) is 0 Å². The summed E-state index contributed by atoms with van der Waals surface area (Å²) in [6.45, 7) is 6.37. The van der Waals surface area contributed by atoms with Crippen molar-refractivity contribution in [1.29, 1.82) is 0 Å². The summed E-state index contributed by atoms with van der Waals surface area (Å²) in [4.78, 5) is 11.5. The van der Waals surface area contributed by atoms with Crippen molar-refractivity contribution in [3.8, 4) is 0 Å². The van der Waals surface area contributed by atoms with Crippen molar-refractivity contribution in [2.75, 3.05) is 0 Å². The second-order valence-corrected chi connectivity index (χ2v) is 3.46. The van der Waals surface area contributed by atoms with Gasteiger partial charge in [0.25, 0.3) is 0 Å². The van der Waals surface area contributed by atoms with Crippen molar-refractivity contribution in [3.05, 3.63) is 0 Å². The minimum Gasteiger partial charge on any atom is -0.299 e. The molecule has 1 unspecified atom stereocenters. The van der Waals surface area contributed by atoms with E-state index >= 15 is 0 Å². The molecule has 0 rings (SSSR count). The molecule has 0 N–H and O–H groups in total. The van der Waals surface area contributed by atoms with E-state index in [9.17, 15) is 4.79 Å². The van der Waals surface area contributed by atoms with Gasteiger partial charge in [-0.2, -0.15) is 0 Å². The molecule has 0 spiro atoms. The van der Waals surface area contributed by atoms with Crippen LogP contribution in [0.3, 0.4) is 0 Å². The zero-order valence-electron chi connectivity index (χ0n) is 8.73. The van der Waals surface area contributed by atoms with Gasteiger partial charge in [-0.3, -0.25) is 4.79 Å². The van der Waals surface area contributed by atoms with E-state index in [4.69, 9.17) is 0 Å². The van der Waals surface area contributed by atoms with Crippen LogP contribution in [0.5, 0.6) is 0 Å². The van der Waals surface area contributed by atoms with E-state index in [2.05, 4.69) is 20.8 Å². The van der Waals surface area contributed by atoms with Gasteiger partial charge in [-0.15, -0.1) is 0 Å². The number of ketones is 1. The Morgan fingerprint density at radius 2 is 1.83 bits per heavy atom. The minimum atomic E-state index is 0.352. The maximum atomic E-state index is 11.5. The zero-order valence-corrected chi connectivity index (χ0v) is 8.73. The van der Waals surface area contributed by atoms with Crippen LogP contribution >= 0.6 is 0 Å². The average Bonchev–Trinajstić information content (AvgIpc) is 2.06. The van der Waals surface area contributed by atoms with Crippen LogP contribution < -0.4 is 0 Å². The smallest absolute Gasteiger partial charge is 0.135 e. The molecule has 12 heavy (non-hydrogen) atoms. The molecule has 0 fully saturated rings. The van der Waals surface area contributed by atoms with Gasteiger partial charge >= 0.3 is 0 Å². The van der Waals surface area contributed by atoms with Gasteiger partial charge in [0.1, 0.15) is 5.78 Å². The molecule has 0 saturated carbocycles. The van der Waals surface area contributed by atoms with Crippen molar-refractivity contribution in [2.45, 2.75) is 59.3 Å². The fourth-order valence-corrected chi connectivity index (χ4v) is 1.49. The number of carbonyl (C=O) groups excluding carboxylic acids is 1. The molecule has 0 bridgehead atoms. The molecule has 0 heterocycles.